The summed E-state index contributed by atoms with van der Waals surface area (Å²) in [6.45, 7) is 7.73. The van der Waals surface area contributed by atoms with Crippen molar-refractivity contribution >= 4 is 11.6 Å². The average Bonchev–Trinajstić information content (AvgIpc) is 2.34. The Morgan fingerprint density at radius 3 is 2.59 bits per heavy atom. The molecule has 5 heteroatoms. The van der Waals surface area contributed by atoms with E-state index in [1.807, 2.05) is 14.0 Å². The summed E-state index contributed by atoms with van der Waals surface area (Å²) >= 11 is 0. The summed E-state index contributed by atoms with van der Waals surface area (Å²) in [5.41, 5.74) is 0. The molecule has 1 atom stereocenters. The van der Waals surface area contributed by atoms with E-state index in [0.29, 0.717) is 12.5 Å². The molecule has 0 saturated heterocycles. The van der Waals surface area contributed by atoms with E-state index in [-0.39, 0.29) is 6.04 Å². The number of ether oxygens (including phenoxy) is 1. The number of anilines is 2. The highest BCUT2D eigenvalue weighted by atomic mass is 16.5. The zero-order valence-electron chi connectivity index (χ0n) is 11.0. The highest BCUT2D eigenvalue weighted by molar-refractivity contribution is 5.41. The first-order chi connectivity index (χ1) is 8.17. The quantitative estimate of drug-likeness (QED) is 0.760. The number of hydrogen-bond acceptors (Lipinski definition) is 5. The van der Waals surface area contributed by atoms with Crippen LogP contribution in [-0.4, -0.2) is 36.3 Å². The number of nitrogens with one attached hydrogen (secondary N) is 2. The van der Waals surface area contributed by atoms with Crippen LogP contribution < -0.4 is 10.6 Å². The molecule has 5 nitrogen and oxygen atoms in total. The van der Waals surface area contributed by atoms with Gasteiger partial charge >= 0.3 is 0 Å². The minimum atomic E-state index is 0.247. The fraction of sp³-hybridized carbons (Fsp3) is 0.667. The van der Waals surface area contributed by atoms with Crippen molar-refractivity contribution in [3.05, 3.63) is 12.4 Å². The zero-order chi connectivity index (χ0) is 12.7. The number of rotatable bonds is 7. The van der Waals surface area contributed by atoms with Crippen molar-refractivity contribution in [3.63, 3.8) is 0 Å². The molecule has 0 spiro atoms. The summed E-state index contributed by atoms with van der Waals surface area (Å²) in [6, 6.07) is 0.247. The third-order valence-corrected chi connectivity index (χ3v) is 2.53. The van der Waals surface area contributed by atoms with Crippen LogP contribution in [0.5, 0.6) is 0 Å². The topological polar surface area (TPSA) is 59.1 Å². The van der Waals surface area contributed by atoms with Crippen molar-refractivity contribution in [1.29, 1.82) is 0 Å². The predicted molar refractivity (Wildman–Crippen MR) is 70.3 cm³/mol. The van der Waals surface area contributed by atoms with Crippen LogP contribution in [0.4, 0.5) is 11.6 Å². The molecule has 1 aromatic rings. The van der Waals surface area contributed by atoms with E-state index < -0.39 is 0 Å². The first-order valence-corrected chi connectivity index (χ1v) is 6.01. The van der Waals surface area contributed by atoms with Gasteiger partial charge in [-0.2, -0.15) is 0 Å². The minimum Gasteiger partial charge on any atom is -0.380 e. The molecule has 2 N–H and O–H groups in total. The maximum atomic E-state index is 5.46. The van der Waals surface area contributed by atoms with E-state index in [1.54, 1.807) is 12.4 Å². The van der Waals surface area contributed by atoms with Gasteiger partial charge in [0, 0.05) is 13.7 Å². The molecule has 0 aromatic carbocycles. The van der Waals surface area contributed by atoms with Gasteiger partial charge in [0.05, 0.1) is 25.0 Å². The van der Waals surface area contributed by atoms with Gasteiger partial charge in [0.1, 0.15) is 11.6 Å². The van der Waals surface area contributed by atoms with E-state index in [2.05, 4.69) is 34.4 Å². The normalized spacial score (nSPS) is 12.5. The standard InChI is InChI=1S/C12H22N4O/c1-5-17-8-10(9(2)3)15-12-7-14-6-11(13-4)16-12/h6-7,9-10H,5,8H2,1-4H3,(H2,13,15,16). The Hall–Kier alpha value is -1.36. The van der Waals surface area contributed by atoms with Gasteiger partial charge in [-0.3, -0.25) is 4.98 Å². The van der Waals surface area contributed by atoms with Crippen LogP contribution in [0.15, 0.2) is 12.4 Å². The lowest BCUT2D eigenvalue weighted by atomic mass is 10.1. The number of nitrogens with zero attached hydrogens (tertiary/aromatic N) is 2. The highest BCUT2D eigenvalue weighted by Crippen LogP contribution is 2.12. The molecule has 1 unspecified atom stereocenters. The summed E-state index contributed by atoms with van der Waals surface area (Å²) in [6.07, 6.45) is 3.42. The van der Waals surface area contributed by atoms with Gasteiger partial charge in [0.2, 0.25) is 0 Å². The van der Waals surface area contributed by atoms with E-state index in [0.717, 1.165) is 18.2 Å². The Morgan fingerprint density at radius 1 is 1.29 bits per heavy atom. The van der Waals surface area contributed by atoms with Crippen molar-refractivity contribution in [3.8, 4) is 0 Å². The third-order valence-electron chi connectivity index (χ3n) is 2.53. The maximum Gasteiger partial charge on any atom is 0.147 e. The van der Waals surface area contributed by atoms with Crippen LogP contribution in [0.3, 0.4) is 0 Å². The average molecular weight is 238 g/mol. The molecule has 96 valence electrons. The number of hydrogen-bond donors (Lipinski definition) is 2. The molecule has 0 aliphatic carbocycles. The van der Waals surface area contributed by atoms with Crippen LogP contribution in [0, 0.1) is 5.92 Å². The highest BCUT2D eigenvalue weighted by Gasteiger charge is 2.14. The van der Waals surface area contributed by atoms with Crippen molar-refractivity contribution in [2.24, 2.45) is 5.92 Å². The Labute approximate surface area is 103 Å². The molecular weight excluding hydrogens is 216 g/mol. The molecule has 0 fully saturated rings. The summed E-state index contributed by atoms with van der Waals surface area (Å²) in [5.74, 6) is 2.01. The second-order valence-corrected chi connectivity index (χ2v) is 4.19. The van der Waals surface area contributed by atoms with Crippen LogP contribution in [-0.2, 0) is 4.74 Å². The van der Waals surface area contributed by atoms with Crippen molar-refractivity contribution in [2.75, 3.05) is 30.9 Å². The summed E-state index contributed by atoms with van der Waals surface area (Å²) in [4.78, 5) is 8.50. The Balaban J connectivity index is 2.64. The predicted octanol–water partition coefficient (Wildman–Crippen LogP) is 1.99. The first-order valence-electron chi connectivity index (χ1n) is 6.01. The Morgan fingerprint density at radius 2 is 2.00 bits per heavy atom. The minimum absolute atomic E-state index is 0.247. The van der Waals surface area contributed by atoms with Gasteiger partial charge in [0.15, 0.2) is 0 Å². The van der Waals surface area contributed by atoms with Crippen LogP contribution in [0.1, 0.15) is 20.8 Å². The fourth-order valence-corrected chi connectivity index (χ4v) is 1.39. The zero-order valence-corrected chi connectivity index (χ0v) is 11.0. The van der Waals surface area contributed by atoms with Gasteiger partial charge in [-0.1, -0.05) is 13.8 Å². The number of aromatic nitrogens is 2. The molecular formula is C12H22N4O. The van der Waals surface area contributed by atoms with Crippen LogP contribution >= 0.6 is 0 Å². The SMILES string of the molecule is CCOCC(Nc1cncc(NC)n1)C(C)C. The van der Waals surface area contributed by atoms with Gasteiger partial charge in [-0.15, -0.1) is 0 Å². The van der Waals surface area contributed by atoms with E-state index in [9.17, 15) is 0 Å². The van der Waals surface area contributed by atoms with Crippen molar-refractivity contribution < 1.29 is 4.74 Å². The Kier molecular flexibility index (Phi) is 5.69. The van der Waals surface area contributed by atoms with Gasteiger partial charge < -0.3 is 15.4 Å². The summed E-state index contributed by atoms with van der Waals surface area (Å²) in [5, 5.41) is 6.32. The molecule has 17 heavy (non-hydrogen) atoms. The van der Waals surface area contributed by atoms with E-state index >= 15 is 0 Å². The Bertz CT molecular complexity index is 330. The van der Waals surface area contributed by atoms with Gasteiger partial charge in [-0.25, -0.2) is 4.98 Å². The third kappa shape index (κ3) is 4.56. The smallest absolute Gasteiger partial charge is 0.147 e. The van der Waals surface area contributed by atoms with Crippen molar-refractivity contribution in [1.82, 2.24) is 9.97 Å². The molecule has 0 aliphatic rings. The van der Waals surface area contributed by atoms with E-state index in [1.165, 1.54) is 0 Å². The molecule has 0 aliphatic heterocycles. The molecule has 0 saturated carbocycles. The van der Waals surface area contributed by atoms with Gasteiger partial charge in [0.25, 0.3) is 0 Å². The molecule has 1 rings (SSSR count). The van der Waals surface area contributed by atoms with Crippen LogP contribution in [0.2, 0.25) is 0 Å². The lowest BCUT2D eigenvalue weighted by molar-refractivity contribution is 0.126. The maximum absolute atomic E-state index is 5.46. The summed E-state index contributed by atoms with van der Waals surface area (Å²) in [7, 11) is 1.83. The fourth-order valence-electron chi connectivity index (χ4n) is 1.39. The lowest BCUT2D eigenvalue weighted by Gasteiger charge is -2.22. The van der Waals surface area contributed by atoms with Gasteiger partial charge in [-0.05, 0) is 12.8 Å². The largest absolute Gasteiger partial charge is 0.380 e. The molecule has 0 amide bonds. The molecule has 0 radical (unpaired) electrons. The lowest BCUT2D eigenvalue weighted by Crippen LogP contribution is -2.31. The van der Waals surface area contributed by atoms with Crippen molar-refractivity contribution in [2.45, 2.75) is 26.8 Å². The second-order valence-electron chi connectivity index (χ2n) is 4.19. The molecule has 0 bridgehead atoms. The molecule has 1 heterocycles. The van der Waals surface area contributed by atoms with Crippen LogP contribution in [0.25, 0.3) is 0 Å². The molecule has 1 aromatic heterocycles. The first kappa shape index (κ1) is 13.7. The monoisotopic (exact) mass is 238 g/mol. The second kappa shape index (κ2) is 7.06. The summed E-state index contributed by atoms with van der Waals surface area (Å²) < 4.78 is 5.46. The van der Waals surface area contributed by atoms with E-state index in [4.69, 9.17) is 4.74 Å².